The summed E-state index contributed by atoms with van der Waals surface area (Å²) in [4.78, 5) is 24.9. The van der Waals surface area contributed by atoms with E-state index in [0.29, 0.717) is 17.1 Å². The maximum atomic E-state index is 12.6. The first-order chi connectivity index (χ1) is 12.0. The fourth-order valence-electron chi connectivity index (χ4n) is 2.66. The Morgan fingerprint density at radius 2 is 1.84 bits per heavy atom. The number of esters is 1. The number of para-hydroxylation sites is 2. The average Bonchev–Trinajstić information content (AvgIpc) is 2.62. The summed E-state index contributed by atoms with van der Waals surface area (Å²) in [6.45, 7) is 5.40. The molecule has 2 atom stereocenters. The highest BCUT2D eigenvalue weighted by atomic mass is 16.6. The van der Waals surface area contributed by atoms with E-state index in [0.717, 1.165) is 11.1 Å². The smallest absolute Gasteiger partial charge is 0.351 e. The molecule has 0 N–H and O–H groups in total. The molecule has 3 rings (SSSR count). The Bertz CT molecular complexity index is 811. The highest BCUT2D eigenvalue weighted by molar-refractivity contribution is 6.01. The Labute approximate surface area is 146 Å². The van der Waals surface area contributed by atoms with Crippen molar-refractivity contribution in [3.63, 3.8) is 0 Å². The molecular weight excluding hydrogens is 320 g/mol. The third kappa shape index (κ3) is 3.65. The van der Waals surface area contributed by atoms with E-state index in [1.54, 1.807) is 31.2 Å². The van der Waals surface area contributed by atoms with Gasteiger partial charge in [0.15, 0.2) is 17.6 Å². The van der Waals surface area contributed by atoms with Gasteiger partial charge in [0.25, 0.3) is 0 Å². The van der Waals surface area contributed by atoms with Crippen molar-refractivity contribution in [3.8, 4) is 11.5 Å². The zero-order chi connectivity index (χ0) is 18.0. The lowest BCUT2D eigenvalue weighted by atomic mass is 9.99. The molecule has 1 aliphatic rings. The fourth-order valence-corrected chi connectivity index (χ4v) is 2.66. The normalized spacial score (nSPS) is 16.8. The second kappa shape index (κ2) is 6.97. The third-order valence-corrected chi connectivity index (χ3v) is 4.09. The molecule has 25 heavy (non-hydrogen) atoms. The van der Waals surface area contributed by atoms with Crippen LogP contribution < -0.4 is 9.47 Å². The number of hydrogen-bond acceptors (Lipinski definition) is 5. The number of rotatable bonds is 4. The Hall–Kier alpha value is -2.82. The fraction of sp³-hybridized carbons (Fsp3) is 0.300. The van der Waals surface area contributed by atoms with E-state index in [9.17, 15) is 9.59 Å². The minimum atomic E-state index is -0.895. The van der Waals surface area contributed by atoms with Gasteiger partial charge < -0.3 is 14.2 Å². The van der Waals surface area contributed by atoms with Gasteiger partial charge in [-0.1, -0.05) is 29.8 Å². The van der Waals surface area contributed by atoms with E-state index in [1.165, 1.54) is 0 Å². The van der Waals surface area contributed by atoms with Crippen LogP contribution >= 0.6 is 0 Å². The molecule has 0 fully saturated rings. The van der Waals surface area contributed by atoms with Gasteiger partial charge in [-0.25, -0.2) is 4.79 Å². The van der Waals surface area contributed by atoms with E-state index in [2.05, 4.69) is 0 Å². The van der Waals surface area contributed by atoms with Crippen LogP contribution in [-0.4, -0.2) is 30.6 Å². The molecule has 0 aromatic heterocycles. The van der Waals surface area contributed by atoms with Crippen LogP contribution in [0, 0.1) is 13.8 Å². The van der Waals surface area contributed by atoms with Crippen LogP contribution in [0.15, 0.2) is 42.5 Å². The molecular formula is C20H20O5. The summed E-state index contributed by atoms with van der Waals surface area (Å²) in [5.41, 5.74) is 2.39. The molecule has 130 valence electrons. The molecule has 1 aliphatic heterocycles. The first-order valence-electron chi connectivity index (χ1n) is 8.16. The summed E-state index contributed by atoms with van der Waals surface area (Å²) in [7, 11) is 0. The molecule has 5 nitrogen and oxygen atoms in total. The second-order valence-corrected chi connectivity index (χ2v) is 6.13. The number of carbonyl (C=O) groups is 2. The maximum Gasteiger partial charge on any atom is 0.351 e. The Balaban J connectivity index is 1.67. The van der Waals surface area contributed by atoms with Crippen LogP contribution in [0.4, 0.5) is 0 Å². The van der Waals surface area contributed by atoms with Gasteiger partial charge in [0.05, 0.1) is 0 Å². The molecule has 0 spiro atoms. The Kier molecular flexibility index (Phi) is 4.74. The minimum Gasteiger partial charge on any atom is -0.485 e. The Morgan fingerprint density at radius 1 is 1.12 bits per heavy atom. The SMILES string of the molecule is Cc1ccc(C)c(C(=O)[C@H](C)OC(=O)[C@@H]2COc3ccccc3O2)c1. The number of aryl methyl sites for hydroxylation is 2. The van der Waals surface area contributed by atoms with Crippen LogP contribution in [0.1, 0.15) is 28.4 Å². The van der Waals surface area contributed by atoms with Crippen molar-refractivity contribution in [2.45, 2.75) is 33.0 Å². The predicted molar refractivity (Wildman–Crippen MR) is 92.2 cm³/mol. The predicted octanol–water partition coefficient (Wildman–Crippen LogP) is 3.26. The van der Waals surface area contributed by atoms with E-state index < -0.39 is 18.2 Å². The van der Waals surface area contributed by atoms with Crippen molar-refractivity contribution in [2.75, 3.05) is 6.61 Å². The molecule has 2 aromatic rings. The van der Waals surface area contributed by atoms with Crippen LogP contribution in [-0.2, 0) is 9.53 Å². The van der Waals surface area contributed by atoms with Crippen molar-refractivity contribution < 1.29 is 23.8 Å². The molecule has 0 aliphatic carbocycles. The summed E-state index contributed by atoms with van der Waals surface area (Å²) in [6, 6.07) is 12.7. The van der Waals surface area contributed by atoms with Crippen LogP contribution in [0.25, 0.3) is 0 Å². The first kappa shape index (κ1) is 17.0. The van der Waals surface area contributed by atoms with Gasteiger partial charge in [-0.2, -0.15) is 0 Å². The van der Waals surface area contributed by atoms with Crippen molar-refractivity contribution in [1.82, 2.24) is 0 Å². The van der Waals surface area contributed by atoms with Crippen molar-refractivity contribution in [2.24, 2.45) is 0 Å². The van der Waals surface area contributed by atoms with Gasteiger partial charge in [-0.15, -0.1) is 0 Å². The number of ether oxygens (including phenoxy) is 3. The van der Waals surface area contributed by atoms with Crippen LogP contribution in [0.5, 0.6) is 11.5 Å². The number of ketones is 1. The van der Waals surface area contributed by atoms with Gasteiger partial charge in [-0.3, -0.25) is 4.79 Å². The van der Waals surface area contributed by atoms with Crippen LogP contribution in [0.3, 0.4) is 0 Å². The average molecular weight is 340 g/mol. The molecule has 1 heterocycles. The monoisotopic (exact) mass is 340 g/mol. The standard InChI is InChI=1S/C20H20O5/c1-12-8-9-13(2)15(10-12)19(21)14(3)24-20(22)18-11-23-16-6-4-5-7-17(16)25-18/h4-10,14,18H,11H2,1-3H3/t14-,18-/m0/s1. The van der Waals surface area contributed by atoms with Gasteiger partial charge in [-0.05, 0) is 44.5 Å². The molecule has 2 aromatic carbocycles. The third-order valence-electron chi connectivity index (χ3n) is 4.09. The highest BCUT2D eigenvalue weighted by Gasteiger charge is 2.31. The van der Waals surface area contributed by atoms with E-state index >= 15 is 0 Å². The molecule has 0 unspecified atom stereocenters. The Morgan fingerprint density at radius 3 is 2.60 bits per heavy atom. The van der Waals surface area contributed by atoms with E-state index in [-0.39, 0.29) is 12.4 Å². The number of Topliss-reactive ketones (excluding diaryl/α,β-unsaturated/α-hetero) is 1. The number of carbonyl (C=O) groups excluding carboxylic acids is 2. The number of benzene rings is 2. The summed E-state index contributed by atoms with van der Waals surface area (Å²) in [6.07, 6.45) is -1.78. The lowest BCUT2D eigenvalue weighted by molar-refractivity contribution is -0.157. The molecule has 5 heteroatoms. The molecule has 0 radical (unpaired) electrons. The lowest BCUT2D eigenvalue weighted by Gasteiger charge is -2.26. The summed E-state index contributed by atoms with van der Waals surface area (Å²) in [5.74, 6) is 0.239. The maximum absolute atomic E-state index is 12.6. The summed E-state index contributed by atoms with van der Waals surface area (Å²) < 4.78 is 16.4. The van der Waals surface area contributed by atoms with Gasteiger partial charge >= 0.3 is 5.97 Å². The van der Waals surface area contributed by atoms with E-state index in [1.807, 2.05) is 32.0 Å². The number of fused-ring (bicyclic) bond motifs is 1. The van der Waals surface area contributed by atoms with E-state index in [4.69, 9.17) is 14.2 Å². The lowest BCUT2D eigenvalue weighted by Crippen LogP contribution is -2.40. The zero-order valence-electron chi connectivity index (χ0n) is 14.4. The quantitative estimate of drug-likeness (QED) is 0.631. The zero-order valence-corrected chi connectivity index (χ0v) is 14.4. The second-order valence-electron chi connectivity index (χ2n) is 6.13. The van der Waals surface area contributed by atoms with Crippen molar-refractivity contribution in [1.29, 1.82) is 0 Å². The molecule has 0 saturated carbocycles. The largest absolute Gasteiger partial charge is 0.485 e. The number of hydrogen-bond donors (Lipinski definition) is 0. The van der Waals surface area contributed by atoms with Gasteiger partial charge in [0.1, 0.15) is 6.61 Å². The van der Waals surface area contributed by atoms with Gasteiger partial charge in [0, 0.05) is 5.56 Å². The first-order valence-corrected chi connectivity index (χ1v) is 8.16. The minimum absolute atomic E-state index is 0.0558. The molecule has 0 saturated heterocycles. The van der Waals surface area contributed by atoms with Gasteiger partial charge in [0.2, 0.25) is 11.9 Å². The van der Waals surface area contributed by atoms with Crippen molar-refractivity contribution >= 4 is 11.8 Å². The highest BCUT2D eigenvalue weighted by Crippen LogP contribution is 2.31. The molecule has 0 amide bonds. The summed E-state index contributed by atoms with van der Waals surface area (Å²) in [5, 5.41) is 0. The molecule has 0 bridgehead atoms. The summed E-state index contributed by atoms with van der Waals surface area (Å²) >= 11 is 0. The topological polar surface area (TPSA) is 61.8 Å². The van der Waals surface area contributed by atoms with Crippen molar-refractivity contribution in [3.05, 3.63) is 59.2 Å². The van der Waals surface area contributed by atoms with Crippen LogP contribution in [0.2, 0.25) is 0 Å².